The van der Waals surface area contributed by atoms with Crippen LogP contribution >= 0.6 is 0 Å². The molecule has 0 aromatic heterocycles. The molecule has 0 aliphatic rings. The SMILES string of the molecule is C=C[C@H](OC(=O)CC(C)=O)c1ccc(OS(C)(=O)=O)c(OC)c1. The van der Waals surface area contributed by atoms with Gasteiger partial charge in [-0.3, -0.25) is 9.59 Å². The van der Waals surface area contributed by atoms with Gasteiger partial charge in [0.15, 0.2) is 11.5 Å². The van der Waals surface area contributed by atoms with E-state index in [0.29, 0.717) is 5.56 Å². The van der Waals surface area contributed by atoms with Crippen LogP contribution in [0.4, 0.5) is 0 Å². The minimum Gasteiger partial charge on any atom is -0.493 e. The molecule has 0 radical (unpaired) electrons. The number of ether oxygens (including phenoxy) is 2. The van der Waals surface area contributed by atoms with Gasteiger partial charge in [-0.15, -0.1) is 0 Å². The van der Waals surface area contributed by atoms with Crippen molar-refractivity contribution in [3.05, 3.63) is 36.4 Å². The van der Waals surface area contributed by atoms with Crippen LogP contribution in [0.3, 0.4) is 0 Å². The molecule has 0 N–H and O–H groups in total. The second-order valence-corrected chi connectivity index (χ2v) is 6.30. The topological polar surface area (TPSA) is 96.0 Å². The van der Waals surface area contributed by atoms with Crippen LogP contribution in [0.25, 0.3) is 0 Å². The van der Waals surface area contributed by atoms with Crippen LogP contribution < -0.4 is 8.92 Å². The van der Waals surface area contributed by atoms with Gasteiger partial charge < -0.3 is 13.7 Å². The quantitative estimate of drug-likeness (QED) is 0.307. The monoisotopic (exact) mass is 342 g/mol. The van der Waals surface area contributed by atoms with Gasteiger partial charge in [0.2, 0.25) is 0 Å². The number of Topliss-reactive ketones (excluding diaryl/α,β-unsaturated/α-hetero) is 1. The second kappa shape index (κ2) is 7.77. The summed E-state index contributed by atoms with van der Waals surface area (Å²) in [5.74, 6) is -0.830. The van der Waals surface area contributed by atoms with E-state index < -0.39 is 22.2 Å². The van der Waals surface area contributed by atoms with Gasteiger partial charge in [-0.25, -0.2) is 0 Å². The van der Waals surface area contributed by atoms with E-state index in [1.54, 1.807) is 0 Å². The van der Waals surface area contributed by atoms with E-state index in [1.807, 2.05) is 0 Å². The minimum absolute atomic E-state index is 0.0108. The van der Waals surface area contributed by atoms with Crippen molar-refractivity contribution >= 4 is 21.9 Å². The van der Waals surface area contributed by atoms with E-state index in [0.717, 1.165) is 6.26 Å². The Hall–Kier alpha value is -2.35. The summed E-state index contributed by atoms with van der Waals surface area (Å²) < 4.78 is 37.4. The van der Waals surface area contributed by atoms with Crippen LogP contribution in [-0.2, 0) is 24.4 Å². The zero-order valence-corrected chi connectivity index (χ0v) is 13.9. The zero-order chi connectivity index (χ0) is 17.6. The third kappa shape index (κ3) is 6.11. The summed E-state index contributed by atoms with van der Waals surface area (Å²) in [6, 6.07) is 4.36. The molecule has 0 bridgehead atoms. The molecule has 0 saturated heterocycles. The fraction of sp³-hybridized carbons (Fsp3) is 0.333. The summed E-state index contributed by atoms with van der Waals surface area (Å²) in [4.78, 5) is 22.5. The molecule has 0 spiro atoms. The zero-order valence-electron chi connectivity index (χ0n) is 13.1. The highest BCUT2D eigenvalue weighted by molar-refractivity contribution is 7.86. The van der Waals surface area contributed by atoms with Crippen molar-refractivity contribution in [1.82, 2.24) is 0 Å². The molecule has 0 unspecified atom stereocenters. The van der Waals surface area contributed by atoms with Crippen molar-refractivity contribution in [2.24, 2.45) is 0 Å². The number of hydrogen-bond acceptors (Lipinski definition) is 7. The predicted octanol–water partition coefficient (Wildman–Crippen LogP) is 1.78. The highest BCUT2D eigenvalue weighted by Crippen LogP contribution is 2.32. The number of hydrogen-bond donors (Lipinski definition) is 0. The molecule has 1 atom stereocenters. The van der Waals surface area contributed by atoms with Gasteiger partial charge >= 0.3 is 16.1 Å². The molecule has 0 amide bonds. The molecule has 0 saturated carbocycles. The molecule has 0 heterocycles. The Morgan fingerprint density at radius 3 is 2.43 bits per heavy atom. The molecule has 7 nitrogen and oxygen atoms in total. The normalized spacial score (nSPS) is 12.1. The second-order valence-electron chi connectivity index (χ2n) is 4.72. The smallest absolute Gasteiger partial charge is 0.314 e. The van der Waals surface area contributed by atoms with Crippen LogP contribution in [0, 0.1) is 0 Å². The molecule has 126 valence electrons. The Bertz CT molecular complexity index is 707. The lowest BCUT2D eigenvalue weighted by Gasteiger charge is -2.16. The number of esters is 1. The highest BCUT2D eigenvalue weighted by Gasteiger charge is 2.18. The Balaban J connectivity index is 3.04. The molecule has 1 aromatic rings. The minimum atomic E-state index is -3.70. The molecular weight excluding hydrogens is 324 g/mol. The van der Waals surface area contributed by atoms with Crippen molar-refractivity contribution in [3.63, 3.8) is 0 Å². The van der Waals surface area contributed by atoms with Gasteiger partial charge in [0.05, 0.1) is 13.4 Å². The molecule has 23 heavy (non-hydrogen) atoms. The maximum Gasteiger partial charge on any atom is 0.314 e. The lowest BCUT2D eigenvalue weighted by atomic mass is 10.1. The van der Waals surface area contributed by atoms with Crippen LogP contribution in [0.1, 0.15) is 25.0 Å². The first kappa shape index (κ1) is 18.7. The van der Waals surface area contributed by atoms with Crippen LogP contribution in [0.15, 0.2) is 30.9 Å². The summed E-state index contributed by atoms with van der Waals surface area (Å²) in [5.41, 5.74) is 0.495. The Morgan fingerprint density at radius 1 is 1.30 bits per heavy atom. The molecule has 1 rings (SSSR count). The third-order valence-corrected chi connectivity index (χ3v) is 3.11. The Morgan fingerprint density at radius 2 is 1.96 bits per heavy atom. The van der Waals surface area contributed by atoms with E-state index >= 15 is 0 Å². The third-order valence-electron chi connectivity index (χ3n) is 2.62. The fourth-order valence-electron chi connectivity index (χ4n) is 1.73. The number of ketones is 1. The Kier molecular flexibility index (Phi) is 6.32. The molecule has 0 fully saturated rings. The van der Waals surface area contributed by atoms with Crippen LogP contribution in [-0.4, -0.2) is 33.5 Å². The van der Waals surface area contributed by atoms with Crippen molar-refractivity contribution in [2.45, 2.75) is 19.4 Å². The molecule has 0 aliphatic heterocycles. The van der Waals surface area contributed by atoms with Gasteiger partial charge in [-0.2, -0.15) is 8.42 Å². The van der Waals surface area contributed by atoms with E-state index in [9.17, 15) is 18.0 Å². The van der Waals surface area contributed by atoms with E-state index in [4.69, 9.17) is 13.7 Å². The first-order chi connectivity index (χ1) is 10.7. The lowest BCUT2D eigenvalue weighted by Crippen LogP contribution is -2.13. The van der Waals surface area contributed by atoms with Crippen molar-refractivity contribution < 1.29 is 31.7 Å². The number of rotatable bonds is 8. The summed E-state index contributed by atoms with van der Waals surface area (Å²) in [5, 5.41) is 0. The Labute approximate surface area is 135 Å². The molecule has 0 aliphatic carbocycles. The van der Waals surface area contributed by atoms with E-state index in [2.05, 4.69) is 6.58 Å². The van der Waals surface area contributed by atoms with E-state index in [-0.39, 0.29) is 23.7 Å². The maximum absolute atomic E-state index is 11.6. The van der Waals surface area contributed by atoms with Crippen LogP contribution in [0.5, 0.6) is 11.5 Å². The summed E-state index contributed by atoms with van der Waals surface area (Å²) >= 11 is 0. The summed E-state index contributed by atoms with van der Waals surface area (Å²) in [7, 11) is -2.36. The average molecular weight is 342 g/mol. The average Bonchev–Trinajstić information content (AvgIpc) is 2.43. The van der Waals surface area contributed by atoms with E-state index in [1.165, 1.54) is 38.3 Å². The van der Waals surface area contributed by atoms with Crippen molar-refractivity contribution in [1.29, 1.82) is 0 Å². The largest absolute Gasteiger partial charge is 0.493 e. The maximum atomic E-state index is 11.6. The molecular formula is C15H18O7S. The first-order valence-electron chi connectivity index (χ1n) is 6.55. The van der Waals surface area contributed by atoms with Crippen LogP contribution in [0.2, 0.25) is 0 Å². The number of carbonyl (C=O) groups is 2. The standard InChI is InChI=1S/C15H18O7S/c1-5-12(21-15(17)8-10(2)16)11-6-7-13(14(9-11)20-3)22-23(4,18)19/h5-7,9,12H,1,8H2,2-4H3/t12-/m0/s1. The predicted molar refractivity (Wildman–Crippen MR) is 82.8 cm³/mol. The lowest BCUT2D eigenvalue weighted by molar-refractivity contribution is -0.148. The van der Waals surface area contributed by atoms with Gasteiger partial charge in [0, 0.05) is 5.56 Å². The fourth-order valence-corrected chi connectivity index (χ4v) is 2.20. The van der Waals surface area contributed by atoms with Gasteiger partial charge in [0.25, 0.3) is 0 Å². The van der Waals surface area contributed by atoms with Crippen molar-refractivity contribution in [3.8, 4) is 11.5 Å². The first-order valence-corrected chi connectivity index (χ1v) is 8.36. The highest BCUT2D eigenvalue weighted by atomic mass is 32.2. The molecule has 1 aromatic carbocycles. The summed E-state index contributed by atoms with van der Waals surface area (Å²) in [6.45, 7) is 4.86. The number of methoxy groups -OCH3 is 1. The van der Waals surface area contributed by atoms with Gasteiger partial charge in [-0.1, -0.05) is 12.6 Å². The number of carbonyl (C=O) groups excluding carboxylic acids is 2. The number of benzene rings is 1. The van der Waals surface area contributed by atoms with Crippen molar-refractivity contribution in [2.75, 3.05) is 13.4 Å². The van der Waals surface area contributed by atoms with Gasteiger partial charge in [0.1, 0.15) is 18.3 Å². The summed E-state index contributed by atoms with van der Waals surface area (Å²) in [6.07, 6.45) is 1.15. The molecule has 8 heteroatoms. The van der Waals surface area contributed by atoms with Gasteiger partial charge in [-0.05, 0) is 25.1 Å².